The van der Waals surface area contributed by atoms with E-state index >= 15 is 0 Å². The zero-order valence-electron chi connectivity index (χ0n) is 9.99. The van der Waals surface area contributed by atoms with Crippen molar-refractivity contribution in [3.05, 3.63) is 48.0 Å². The number of nitrogens with zero attached hydrogens (tertiary/aromatic N) is 1. The topological polar surface area (TPSA) is 12.5 Å². The van der Waals surface area contributed by atoms with Gasteiger partial charge in [0.2, 0.25) is 0 Å². The molecule has 0 radical (unpaired) electrons. The van der Waals surface area contributed by atoms with E-state index in [-0.39, 0.29) is 0 Å². The fourth-order valence-electron chi connectivity index (χ4n) is 3.96. The highest BCUT2D eigenvalue weighted by Crippen LogP contribution is 2.55. The standard InChI is InChI=1S/C15H17NO/c1-16-14(10-5-3-2-4-6-10)13-11-7-8-12(9-11)15(13)17-16/h2-8,11-15H,9H2,1H3/t11-,12+,13-,14-,15-/m1/s1. The Morgan fingerprint density at radius 2 is 1.88 bits per heavy atom. The lowest BCUT2D eigenvalue weighted by atomic mass is 9.82. The Morgan fingerprint density at radius 1 is 1.12 bits per heavy atom. The average Bonchev–Trinajstić information content (AvgIpc) is 3.00. The van der Waals surface area contributed by atoms with Gasteiger partial charge in [-0.2, -0.15) is 5.06 Å². The highest BCUT2D eigenvalue weighted by atomic mass is 16.7. The van der Waals surface area contributed by atoms with E-state index < -0.39 is 0 Å². The van der Waals surface area contributed by atoms with Crippen molar-refractivity contribution in [2.75, 3.05) is 7.05 Å². The molecule has 0 N–H and O–H groups in total. The fourth-order valence-corrected chi connectivity index (χ4v) is 3.96. The van der Waals surface area contributed by atoms with Crippen LogP contribution in [0, 0.1) is 17.8 Å². The first-order chi connectivity index (χ1) is 8.34. The van der Waals surface area contributed by atoms with Crippen LogP contribution in [0.2, 0.25) is 0 Å². The van der Waals surface area contributed by atoms with E-state index in [1.54, 1.807) is 0 Å². The molecule has 2 bridgehead atoms. The highest BCUT2D eigenvalue weighted by molar-refractivity contribution is 5.26. The van der Waals surface area contributed by atoms with Gasteiger partial charge < -0.3 is 0 Å². The molecule has 5 atom stereocenters. The molecule has 1 aliphatic heterocycles. The van der Waals surface area contributed by atoms with Gasteiger partial charge in [0.25, 0.3) is 0 Å². The van der Waals surface area contributed by atoms with Crippen molar-refractivity contribution in [1.82, 2.24) is 5.06 Å². The molecule has 1 saturated heterocycles. The second kappa shape index (κ2) is 3.44. The Kier molecular flexibility index (Phi) is 1.99. The van der Waals surface area contributed by atoms with E-state index in [2.05, 4.69) is 54.6 Å². The van der Waals surface area contributed by atoms with Crippen LogP contribution in [0.1, 0.15) is 18.0 Å². The molecule has 1 saturated carbocycles. The monoisotopic (exact) mass is 227 g/mol. The van der Waals surface area contributed by atoms with Crippen LogP contribution in [-0.2, 0) is 4.84 Å². The van der Waals surface area contributed by atoms with Crippen molar-refractivity contribution in [1.29, 1.82) is 0 Å². The first-order valence-corrected chi connectivity index (χ1v) is 6.47. The zero-order valence-corrected chi connectivity index (χ0v) is 9.99. The van der Waals surface area contributed by atoms with Gasteiger partial charge in [-0.25, -0.2) is 0 Å². The normalized spacial score (nSPS) is 43.2. The largest absolute Gasteiger partial charge is 0.294 e. The minimum atomic E-state index is 0.417. The molecule has 0 aromatic heterocycles. The van der Waals surface area contributed by atoms with Gasteiger partial charge in [-0.15, -0.1) is 0 Å². The number of hydrogen-bond acceptors (Lipinski definition) is 2. The molecule has 88 valence electrons. The molecule has 1 heterocycles. The Hall–Kier alpha value is -1.12. The minimum absolute atomic E-state index is 0.417. The number of allylic oxidation sites excluding steroid dienone is 1. The summed E-state index contributed by atoms with van der Waals surface area (Å²) in [6, 6.07) is 11.2. The van der Waals surface area contributed by atoms with Crippen LogP contribution in [0.3, 0.4) is 0 Å². The molecule has 2 aliphatic carbocycles. The van der Waals surface area contributed by atoms with Gasteiger partial charge in [0.1, 0.15) is 0 Å². The van der Waals surface area contributed by atoms with Gasteiger partial charge >= 0.3 is 0 Å². The van der Waals surface area contributed by atoms with E-state index in [1.165, 1.54) is 12.0 Å². The maximum Gasteiger partial charge on any atom is 0.0908 e. The van der Waals surface area contributed by atoms with Gasteiger partial charge in [-0.1, -0.05) is 42.5 Å². The van der Waals surface area contributed by atoms with Crippen molar-refractivity contribution >= 4 is 0 Å². The molecule has 0 spiro atoms. The van der Waals surface area contributed by atoms with Crippen LogP contribution < -0.4 is 0 Å². The summed E-state index contributed by atoms with van der Waals surface area (Å²) in [4.78, 5) is 6.07. The number of rotatable bonds is 1. The summed E-state index contributed by atoms with van der Waals surface area (Å²) in [5.74, 6) is 2.03. The Balaban J connectivity index is 1.74. The van der Waals surface area contributed by atoms with Gasteiger partial charge in [0, 0.05) is 18.9 Å². The van der Waals surface area contributed by atoms with E-state index in [4.69, 9.17) is 4.84 Å². The van der Waals surface area contributed by atoms with Crippen molar-refractivity contribution in [2.24, 2.45) is 17.8 Å². The van der Waals surface area contributed by atoms with Crippen LogP contribution in [0.5, 0.6) is 0 Å². The zero-order chi connectivity index (χ0) is 11.4. The third kappa shape index (κ3) is 1.28. The van der Waals surface area contributed by atoms with Crippen LogP contribution in [0.15, 0.2) is 42.5 Å². The second-order valence-corrected chi connectivity index (χ2v) is 5.50. The SMILES string of the molecule is CN1O[C@H]2[C@H]([C@@H]3C=C[C@H]2C3)[C@H]1c1ccccc1. The summed E-state index contributed by atoms with van der Waals surface area (Å²) in [7, 11) is 2.08. The summed E-state index contributed by atoms with van der Waals surface area (Å²) in [6.45, 7) is 0. The Bertz CT molecular complexity index is 455. The third-order valence-corrected chi connectivity index (χ3v) is 4.63. The summed E-state index contributed by atoms with van der Waals surface area (Å²) in [5.41, 5.74) is 1.39. The molecule has 1 aromatic carbocycles. The quantitative estimate of drug-likeness (QED) is 0.684. The molecule has 4 rings (SSSR count). The Morgan fingerprint density at radius 3 is 2.71 bits per heavy atom. The van der Waals surface area contributed by atoms with Crippen LogP contribution in [0.25, 0.3) is 0 Å². The molecule has 2 fully saturated rings. The maximum absolute atomic E-state index is 6.07. The molecule has 1 aromatic rings. The summed E-state index contributed by atoms with van der Waals surface area (Å²) >= 11 is 0. The summed E-state index contributed by atoms with van der Waals surface area (Å²) < 4.78 is 0. The predicted octanol–water partition coefficient (Wildman–Crippen LogP) is 2.80. The van der Waals surface area contributed by atoms with Gasteiger partial charge in [0.15, 0.2) is 0 Å². The minimum Gasteiger partial charge on any atom is -0.294 e. The van der Waals surface area contributed by atoms with E-state index in [0.717, 1.165) is 5.92 Å². The highest BCUT2D eigenvalue weighted by Gasteiger charge is 2.55. The Labute approximate surface area is 102 Å². The number of benzene rings is 1. The van der Waals surface area contributed by atoms with Crippen LogP contribution in [-0.4, -0.2) is 18.2 Å². The second-order valence-electron chi connectivity index (χ2n) is 5.50. The lowest BCUT2D eigenvalue weighted by Gasteiger charge is -2.25. The number of hydroxylamine groups is 2. The van der Waals surface area contributed by atoms with E-state index in [1.807, 2.05) is 0 Å². The molecule has 2 nitrogen and oxygen atoms in total. The van der Waals surface area contributed by atoms with Gasteiger partial charge in [-0.05, 0) is 17.9 Å². The first-order valence-electron chi connectivity index (χ1n) is 6.47. The van der Waals surface area contributed by atoms with Crippen molar-refractivity contribution in [3.63, 3.8) is 0 Å². The predicted molar refractivity (Wildman–Crippen MR) is 66.0 cm³/mol. The molecule has 3 aliphatic rings. The van der Waals surface area contributed by atoms with Crippen LogP contribution >= 0.6 is 0 Å². The van der Waals surface area contributed by atoms with Crippen molar-refractivity contribution in [3.8, 4) is 0 Å². The van der Waals surface area contributed by atoms with Crippen molar-refractivity contribution in [2.45, 2.75) is 18.6 Å². The van der Waals surface area contributed by atoms with E-state index in [9.17, 15) is 0 Å². The molecule has 0 unspecified atom stereocenters. The van der Waals surface area contributed by atoms with Crippen molar-refractivity contribution < 1.29 is 4.84 Å². The average molecular weight is 227 g/mol. The molecule has 17 heavy (non-hydrogen) atoms. The molecule has 0 amide bonds. The van der Waals surface area contributed by atoms with E-state index in [0.29, 0.717) is 24.0 Å². The lowest BCUT2D eigenvalue weighted by Crippen LogP contribution is -2.24. The fraction of sp³-hybridized carbons (Fsp3) is 0.467. The van der Waals surface area contributed by atoms with Gasteiger partial charge in [-0.3, -0.25) is 4.84 Å². The first kappa shape index (κ1) is 9.86. The van der Waals surface area contributed by atoms with Gasteiger partial charge in [0.05, 0.1) is 12.1 Å². The molecular formula is C15H17NO. The smallest absolute Gasteiger partial charge is 0.0908 e. The summed E-state index contributed by atoms with van der Waals surface area (Å²) in [5, 5.41) is 2.08. The molecule has 2 heteroatoms. The number of fused-ring (bicyclic) bond motifs is 5. The summed E-state index contributed by atoms with van der Waals surface area (Å²) in [6.07, 6.45) is 6.48. The lowest BCUT2D eigenvalue weighted by molar-refractivity contribution is -0.152. The van der Waals surface area contributed by atoms with Crippen LogP contribution in [0.4, 0.5) is 0 Å². The molecular weight excluding hydrogens is 210 g/mol. The number of hydrogen-bond donors (Lipinski definition) is 0. The maximum atomic E-state index is 6.07. The third-order valence-electron chi connectivity index (χ3n) is 4.63.